The number of hydrogen-bond acceptors (Lipinski definition) is 1. The Hall–Kier alpha value is -2.35. The molecule has 0 bridgehead atoms. The highest BCUT2D eigenvalue weighted by molar-refractivity contribution is 5.97. The normalized spacial score (nSPS) is 11.2. The molecular weight excluding hydrogens is 256 g/mol. The lowest BCUT2D eigenvalue weighted by Crippen LogP contribution is -1.98. The van der Waals surface area contributed by atoms with E-state index in [4.69, 9.17) is 5.41 Å². The third-order valence-corrected chi connectivity index (χ3v) is 4.00. The lowest BCUT2D eigenvalue weighted by atomic mass is 10.0. The van der Waals surface area contributed by atoms with E-state index in [0.717, 1.165) is 17.5 Å². The Balaban J connectivity index is 1.93. The van der Waals surface area contributed by atoms with Crippen LogP contribution < -0.4 is 0 Å². The van der Waals surface area contributed by atoms with Crippen molar-refractivity contribution >= 4 is 17.1 Å². The van der Waals surface area contributed by atoms with Crippen molar-refractivity contribution in [1.29, 1.82) is 5.41 Å². The minimum absolute atomic E-state index is 0.571. The third-order valence-electron chi connectivity index (χ3n) is 4.00. The second kappa shape index (κ2) is 5.57. The highest BCUT2D eigenvalue weighted by Crippen LogP contribution is 2.21. The van der Waals surface area contributed by atoms with Crippen molar-refractivity contribution in [1.82, 2.24) is 4.57 Å². The molecule has 0 amide bonds. The number of aromatic nitrogens is 1. The molecule has 0 spiro atoms. The average Bonchev–Trinajstić information content (AvgIpc) is 2.91. The quantitative estimate of drug-likeness (QED) is 0.662. The molecule has 0 unspecified atom stereocenters. The number of rotatable bonds is 4. The molecule has 1 heterocycles. The first kappa shape index (κ1) is 13.6. The van der Waals surface area contributed by atoms with Gasteiger partial charge in [0.15, 0.2) is 0 Å². The molecule has 2 heteroatoms. The van der Waals surface area contributed by atoms with Crippen molar-refractivity contribution in [3.8, 4) is 0 Å². The second-order valence-corrected chi connectivity index (χ2v) is 5.76. The molecule has 0 aliphatic rings. The van der Waals surface area contributed by atoms with Gasteiger partial charge in [-0.2, -0.15) is 0 Å². The predicted molar refractivity (Wildman–Crippen MR) is 89.5 cm³/mol. The average molecular weight is 276 g/mol. The smallest absolute Gasteiger partial charge is 0.0490 e. The van der Waals surface area contributed by atoms with Crippen molar-refractivity contribution in [2.75, 3.05) is 0 Å². The predicted octanol–water partition coefficient (Wildman–Crippen LogP) is 4.81. The van der Waals surface area contributed by atoms with Crippen LogP contribution in [0.4, 0.5) is 0 Å². The zero-order chi connectivity index (χ0) is 14.8. The number of nitrogens with zero attached hydrogens (tertiary/aromatic N) is 1. The Kier molecular flexibility index (Phi) is 3.61. The molecule has 0 fully saturated rings. The largest absolute Gasteiger partial charge is 0.343 e. The van der Waals surface area contributed by atoms with Crippen LogP contribution >= 0.6 is 0 Å². The maximum absolute atomic E-state index is 7.49. The fraction of sp³-hybridized carbons (Fsp3) is 0.211. The summed E-state index contributed by atoms with van der Waals surface area (Å²) in [5.41, 5.74) is 4.84. The zero-order valence-corrected chi connectivity index (χ0v) is 12.5. The molecule has 106 valence electrons. The first-order valence-electron chi connectivity index (χ1n) is 7.36. The van der Waals surface area contributed by atoms with E-state index in [2.05, 4.69) is 61.0 Å². The van der Waals surface area contributed by atoms with Gasteiger partial charge in [-0.3, -0.25) is 0 Å². The lowest BCUT2D eigenvalue weighted by Gasteiger charge is -2.09. The maximum Gasteiger partial charge on any atom is 0.0490 e. The van der Waals surface area contributed by atoms with Gasteiger partial charge in [0, 0.05) is 35.4 Å². The van der Waals surface area contributed by atoms with Gasteiger partial charge in [0.05, 0.1) is 0 Å². The number of hydrogen-bond donors (Lipinski definition) is 1. The topological polar surface area (TPSA) is 28.8 Å². The van der Waals surface area contributed by atoms with Crippen molar-refractivity contribution in [2.24, 2.45) is 0 Å². The molecule has 0 aliphatic heterocycles. The fourth-order valence-corrected chi connectivity index (χ4v) is 2.72. The summed E-state index contributed by atoms with van der Waals surface area (Å²) in [5.74, 6) is 0.571. The van der Waals surface area contributed by atoms with Crippen molar-refractivity contribution in [3.05, 3.63) is 71.4 Å². The van der Waals surface area contributed by atoms with Crippen molar-refractivity contribution in [3.63, 3.8) is 0 Å². The van der Waals surface area contributed by atoms with E-state index in [1.54, 1.807) is 0 Å². The van der Waals surface area contributed by atoms with E-state index in [-0.39, 0.29) is 0 Å². The summed E-state index contributed by atoms with van der Waals surface area (Å²) in [4.78, 5) is 0. The van der Waals surface area contributed by atoms with Gasteiger partial charge in [-0.1, -0.05) is 50.2 Å². The van der Waals surface area contributed by atoms with Crippen LogP contribution in [0.3, 0.4) is 0 Å². The molecule has 1 N–H and O–H groups in total. The fourth-order valence-electron chi connectivity index (χ4n) is 2.72. The Labute approximate surface area is 125 Å². The van der Waals surface area contributed by atoms with Gasteiger partial charge in [-0.05, 0) is 29.2 Å². The summed E-state index contributed by atoms with van der Waals surface area (Å²) in [5, 5.41) is 8.63. The minimum Gasteiger partial charge on any atom is -0.343 e. The van der Waals surface area contributed by atoms with Gasteiger partial charge >= 0.3 is 0 Å². The standard InChI is InChI=1S/C19H20N2/c1-14(2)16-8-6-15(7-9-16)13-21-11-10-18-17(12-20)4-3-5-19(18)21/h3-12,14,20H,13H2,1-2H3. The van der Waals surface area contributed by atoms with Crippen LogP contribution in [0.2, 0.25) is 0 Å². The van der Waals surface area contributed by atoms with E-state index in [0.29, 0.717) is 5.92 Å². The van der Waals surface area contributed by atoms with Crippen LogP contribution in [0, 0.1) is 5.41 Å². The molecule has 1 aromatic heterocycles. The van der Waals surface area contributed by atoms with E-state index in [9.17, 15) is 0 Å². The van der Waals surface area contributed by atoms with E-state index in [1.807, 2.05) is 12.1 Å². The minimum atomic E-state index is 0.571. The van der Waals surface area contributed by atoms with E-state index < -0.39 is 0 Å². The molecule has 0 atom stereocenters. The van der Waals surface area contributed by atoms with E-state index >= 15 is 0 Å². The number of nitrogens with one attached hydrogen (secondary N) is 1. The van der Waals surface area contributed by atoms with Crippen LogP contribution in [0.25, 0.3) is 10.9 Å². The van der Waals surface area contributed by atoms with Gasteiger partial charge in [0.25, 0.3) is 0 Å². The van der Waals surface area contributed by atoms with Crippen molar-refractivity contribution < 1.29 is 0 Å². The Morgan fingerprint density at radius 1 is 1.05 bits per heavy atom. The molecule has 3 rings (SSSR count). The summed E-state index contributed by atoms with van der Waals surface area (Å²) in [6, 6.07) is 17.1. The van der Waals surface area contributed by atoms with Gasteiger partial charge < -0.3 is 9.98 Å². The molecule has 0 saturated carbocycles. The summed E-state index contributed by atoms with van der Waals surface area (Å²) < 4.78 is 2.24. The van der Waals surface area contributed by atoms with Gasteiger partial charge in [-0.15, -0.1) is 0 Å². The van der Waals surface area contributed by atoms with Crippen LogP contribution in [-0.2, 0) is 6.54 Å². The van der Waals surface area contributed by atoms with Gasteiger partial charge in [0.2, 0.25) is 0 Å². The zero-order valence-electron chi connectivity index (χ0n) is 12.5. The van der Waals surface area contributed by atoms with Crippen LogP contribution in [0.5, 0.6) is 0 Å². The molecule has 3 aromatic rings. The third kappa shape index (κ3) is 2.62. The molecule has 0 aliphatic carbocycles. The monoisotopic (exact) mass is 276 g/mol. The summed E-state index contributed by atoms with van der Waals surface area (Å²) >= 11 is 0. The molecule has 21 heavy (non-hydrogen) atoms. The first-order chi connectivity index (χ1) is 10.2. The van der Waals surface area contributed by atoms with Crippen LogP contribution in [0.1, 0.15) is 36.5 Å². The lowest BCUT2D eigenvalue weighted by molar-refractivity contribution is 0.829. The van der Waals surface area contributed by atoms with Crippen LogP contribution in [0.15, 0.2) is 54.7 Å². The molecule has 2 nitrogen and oxygen atoms in total. The Morgan fingerprint density at radius 2 is 1.81 bits per heavy atom. The van der Waals surface area contributed by atoms with Crippen LogP contribution in [-0.4, -0.2) is 10.8 Å². The SMILES string of the molecule is CC(C)c1ccc(Cn2ccc3c(C=N)cccc32)cc1. The number of benzene rings is 2. The maximum atomic E-state index is 7.49. The van der Waals surface area contributed by atoms with Crippen molar-refractivity contribution in [2.45, 2.75) is 26.3 Å². The molecule has 0 radical (unpaired) electrons. The van der Waals surface area contributed by atoms with Gasteiger partial charge in [-0.25, -0.2) is 0 Å². The molecular formula is C19H20N2. The summed E-state index contributed by atoms with van der Waals surface area (Å²) in [6.45, 7) is 5.30. The Bertz CT molecular complexity index is 764. The summed E-state index contributed by atoms with van der Waals surface area (Å²) in [7, 11) is 0. The summed E-state index contributed by atoms with van der Waals surface area (Å²) in [6.07, 6.45) is 3.53. The molecule has 0 saturated heterocycles. The van der Waals surface area contributed by atoms with E-state index in [1.165, 1.54) is 22.9 Å². The van der Waals surface area contributed by atoms with Gasteiger partial charge in [0.1, 0.15) is 0 Å². The first-order valence-corrected chi connectivity index (χ1v) is 7.36. The second-order valence-electron chi connectivity index (χ2n) is 5.76. The molecule has 2 aromatic carbocycles. The number of fused-ring (bicyclic) bond motifs is 1. The highest BCUT2D eigenvalue weighted by atomic mass is 14.9. The highest BCUT2D eigenvalue weighted by Gasteiger charge is 2.05. The Morgan fingerprint density at radius 3 is 2.48 bits per heavy atom.